The summed E-state index contributed by atoms with van der Waals surface area (Å²) in [5.41, 5.74) is 3.16. The van der Waals surface area contributed by atoms with Crippen LogP contribution in [0.15, 0.2) is 54.6 Å². The van der Waals surface area contributed by atoms with Gasteiger partial charge in [-0.1, -0.05) is 12.1 Å². The zero-order chi connectivity index (χ0) is 21.3. The van der Waals surface area contributed by atoms with Crippen LogP contribution >= 0.6 is 0 Å². The van der Waals surface area contributed by atoms with Crippen LogP contribution in [0.4, 0.5) is 0 Å². The molecule has 0 aliphatic carbocycles. The Kier molecular flexibility index (Phi) is 4.89. The molecule has 2 aromatic carbocycles. The maximum Gasteiger partial charge on any atom is 0.337 e. The highest BCUT2D eigenvalue weighted by Crippen LogP contribution is 2.32. The number of hydrogen-bond acceptors (Lipinski definition) is 6. The number of nitrogens with zero attached hydrogens (tertiary/aromatic N) is 2. The molecule has 0 atom stereocenters. The molecule has 0 aliphatic heterocycles. The molecule has 0 saturated carbocycles. The van der Waals surface area contributed by atoms with Crippen LogP contribution in [-0.2, 0) is 4.74 Å². The molecule has 0 bridgehead atoms. The second-order valence-corrected chi connectivity index (χ2v) is 6.45. The van der Waals surface area contributed by atoms with E-state index in [0.717, 1.165) is 5.56 Å². The van der Waals surface area contributed by atoms with E-state index in [2.05, 4.69) is 15.2 Å². The highest BCUT2D eigenvalue weighted by atomic mass is 16.5. The number of carbonyl (C=O) groups excluding carboxylic acids is 1. The average molecular weight is 403 g/mol. The second-order valence-electron chi connectivity index (χ2n) is 6.45. The van der Waals surface area contributed by atoms with E-state index in [9.17, 15) is 14.7 Å². The Morgan fingerprint density at radius 2 is 1.63 bits per heavy atom. The number of aromatic nitrogens is 3. The fourth-order valence-corrected chi connectivity index (χ4v) is 3.20. The van der Waals surface area contributed by atoms with E-state index >= 15 is 0 Å². The van der Waals surface area contributed by atoms with E-state index in [1.807, 2.05) is 12.1 Å². The van der Waals surface area contributed by atoms with Crippen molar-refractivity contribution in [3.63, 3.8) is 0 Å². The van der Waals surface area contributed by atoms with Gasteiger partial charge in [-0.25, -0.2) is 14.6 Å². The third-order valence-electron chi connectivity index (χ3n) is 4.73. The number of H-pyrrole nitrogens is 1. The maximum absolute atomic E-state index is 12.0. The van der Waals surface area contributed by atoms with Gasteiger partial charge in [-0.3, -0.25) is 5.10 Å². The van der Waals surface area contributed by atoms with Crippen molar-refractivity contribution in [2.45, 2.75) is 0 Å². The van der Waals surface area contributed by atoms with Crippen molar-refractivity contribution in [3.8, 4) is 28.3 Å². The summed E-state index contributed by atoms with van der Waals surface area (Å²) in [4.78, 5) is 28.1. The number of pyridine rings is 1. The Balaban J connectivity index is 1.83. The molecule has 30 heavy (non-hydrogen) atoms. The molecule has 8 heteroatoms. The molecular formula is C22H17N3O5. The first kappa shape index (κ1) is 19.1. The number of benzene rings is 2. The number of hydrogen-bond donors (Lipinski definition) is 2. The molecule has 0 unspecified atom stereocenters. The molecule has 0 radical (unpaired) electrons. The minimum Gasteiger partial charge on any atom is -0.497 e. The molecule has 4 aromatic rings. The first-order valence-electron chi connectivity index (χ1n) is 8.97. The van der Waals surface area contributed by atoms with Crippen LogP contribution in [0.2, 0.25) is 0 Å². The highest BCUT2D eigenvalue weighted by Gasteiger charge is 2.20. The van der Waals surface area contributed by atoms with E-state index in [1.165, 1.54) is 13.2 Å². The summed E-state index contributed by atoms with van der Waals surface area (Å²) in [7, 11) is 2.88. The van der Waals surface area contributed by atoms with Gasteiger partial charge in [0.15, 0.2) is 5.65 Å². The zero-order valence-electron chi connectivity index (χ0n) is 16.2. The second kappa shape index (κ2) is 7.67. The van der Waals surface area contributed by atoms with Crippen LogP contribution in [-0.4, -0.2) is 46.4 Å². The maximum atomic E-state index is 12.0. The average Bonchev–Trinajstić information content (AvgIpc) is 3.22. The van der Waals surface area contributed by atoms with Crippen molar-refractivity contribution in [3.05, 3.63) is 65.7 Å². The normalized spacial score (nSPS) is 10.7. The van der Waals surface area contributed by atoms with Crippen molar-refractivity contribution in [2.75, 3.05) is 14.2 Å². The molecule has 2 heterocycles. The van der Waals surface area contributed by atoms with Gasteiger partial charge < -0.3 is 14.6 Å². The fraction of sp³-hybridized carbons (Fsp3) is 0.0909. The molecule has 0 spiro atoms. The zero-order valence-corrected chi connectivity index (χ0v) is 16.2. The topological polar surface area (TPSA) is 114 Å². The molecular weight excluding hydrogens is 386 g/mol. The van der Waals surface area contributed by atoms with Crippen molar-refractivity contribution in [1.82, 2.24) is 15.2 Å². The van der Waals surface area contributed by atoms with Crippen molar-refractivity contribution in [1.29, 1.82) is 0 Å². The lowest BCUT2D eigenvalue weighted by Crippen LogP contribution is -2.02. The molecule has 2 N–H and O–H groups in total. The van der Waals surface area contributed by atoms with Gasteiger partial charge in [0.2, 0.25) is 0 Å². The summed E-state index contributed by atoms with van der Waals surface area (Å²) in [5.74, 6) is -0.851. The number of ether oxygens (including phenoxy) is 2. The third kappa shape index (κ3) is 3.35. The predicted molar refractivity (Wildman–Crippen MR) is 110 cm³/mol. The number of carboxylic acids is 1. The van der Waals surface area contributed by atoms with Crippen LogP contribution in [0.25, 0.3) is 33.5 Å². The Morgan fingerprint density at radius 1 is 0.967 bits per heavy atom. The quantitative estimate of drug-likeness (QED) is 0.487. The van der Waals surface area contributed by atoms with Crippen LogP contribution < -0.4 is 4.74 Å². The molecule has 0 saturated heterocycles. The number of fused-ring (bicyclic) bond motifs is 1. The lowest BCUT2D eigenvalue weighted by molar-refractivity contribution is 0.0600. The Morgan fingerprint density at radius 3 is 2.23 bits per heavy atom. The summed E-state index contributed by atoms with van der Waals surface area (Å²) < 4.78 is 9.86. The Labute approximate surface area is 171 Å². The number of aromatic amines is 1. The van der Waals surface area contributed by atoms with Crippen molar-refractivity contribution >= 4 is 23.0 Å². The van der Waals surface area contributed by atoms with Crippen molar-refractivity contribution < 1.29 is 24.2 Å². The van der Waals surface area contributed by atoms with Gasteiger partial charge in [-0.2, -0.15) is 5.10 Å². The Hall–Kier alpha value is -4.20. The number of esters is 1. The largest absolute Gasteiger partial charge is 0.497 e. The highest BCUT2D eigenvalue weighted by molar-refractivity contribution is 6.08. The first-order chi connectivity index (χ1) is 14.5. The molecule has 0 amide bonds. The van der Waals surface area contributed by atoms with Gasteiger partial charge in [0.25, 0.3) is 0 Å². The molecule has 0 aliphatic rings. The van der Waals surface area contributed by atoms with Crippen LogP contribution in [0.5, 0.6) is 5.75 Å². The summed E-state index contributed by atoms with van der Waals surface area (Å²) in [5, 5.41) is 17.4. The van der Waals surface area contributed by atoms with Crippen LogP contribution in [0.3, 0.4) is 0 Å². The van der Waals surface area contributed by atoms with Gasteiger partial charge in [-0.15, -0.1) is 0 Å². The van der Waals surface area contributed by atoms with E-state index in [0.29, 0.717) is 33.7 Å². The third-order valence-corrected chi connectivity index (χ3v) is 4.73. The minimum absolute atomic E-state index is 0.0756. The number of nitrogens with one attached hydrogen (secondary N) is 1. The van der Waals surface area contributed by atoms with Crippen molar-refractivity contribution in [2.24, 2.45) is 0 Å². The summed E-state index contributed by atoms with van der Waals surface area (Å²) >= 11 is 0. The monoisotopic (exact) mass is 403 g/mol. The summed E-state index contributed by atoms with van der Waals surface area (Å²) in [6, 6.07) is 15.3. The van der Waals surface area contributed by atoms with Crippen LogP contribution in [0, 0.1) is 0 Å². The fourth-order valence-electron chi connectivity index (χ4n) is 3.20. The minimum atomic E-state index is -1.09. The van der Waals surface area contributed by atoms with Gasteiger partial charge in [0.1, 0.15) is 5.75 Å². The molecule has 150 valence electrons. The molecule has 4 rings (SSSR count). The number of carboxylic acid groups (broad SMARTS) is 1. The standard InChI is InChI=1S/C22H17N3O5/c1-29-15-9-7-13(8-10-15)19-18-16(21(26)27)11-17(23-20(18)25-24-19)12-3-5-14(6-4-12)22(28)30-2/h3-11H,1-2H3,(H,26,27)(H,23,24,25). The smallest absolute Gasteiger partial charge is 0.337 e. The molecule has 0 fully saturated rings. The number of methoxy groups -OCH3 is 2. The van der Waals surface area contributed by atoms with E-state index in [1.54, 1.807) is 43.5 Å². The number of rotatable bonds is 5. The van der Waals surface area contributed by atoms with Gasteiger partial charge in [0, 0.05) is 11.1 Å². The molecule has 2 aromatic heterocycles. The number of carbonyl (C=O) groups is 2. The van der Waals surface area contributed by atoms with Gasteiger partial charge >= 0.3 is 11.9 Å². The predicted octanol–water partition coefficient (Wildman–Crippen LogP) is 3.79. The van der Waals surface area contributed by atoms with E-state index in [-0.39, 0.29) is 11.2 Å². The first-order valence-corrected chi connectivity index (χ1v) is 8.97. The molecule has 8 nitrogen and oxygen atoms in total. The summed E-state index contributed by atoms with van der Waals surface area (Å²) in [6.45, 7) is 0. The van der Waals surface area contributed by atoms with Crippen LogP contribution in [0.1, 0.15) is 20.7 Å². The number of aromatic carboxylic acids is 1. The van der Waals surface area contributed by atoms with E-state index in [4.69, 9.17) is 9.47 Å². The van der Waals surface area contributed by atoms with Gasteiger partial charge in [0.05, 0.1) is 42.1 Å². The summed E-state index contributed by atoms with van der Waals surface area (Å²) in [6.07, 6.45) is 0. The SMILES string of the molecule is COC(=O)c1ccc(-c2cc(C(=O)O)c3c(-c4ccc(OC)cc4)[nH]nc3n2)cc1. The Bertz CT molecular complexity index is 1240. The van der Waals surface area contributed by atoms with E-state index < -0.39 is 11.9 Å². The lowest BCUT2D eigenvalue weighted by atomic mass is 10.0. The lowest BCUT2D eigenvalue weighted by Gasteiger charge is -2.07. The van der Waals surface area contributed by atoms with Gasteiger partial charge in [-0.05, 0) is 42.5 Å².